The molecule has 0 unspecified atom stereocenters. The van der Waals surface area contributed by atoms with E-state index in [-0.39, 0.29) is 0 Å². The molecule has 0 aliphatic rings. The summed E-state index contributed by atoms with van der Waals surface area (Å²) in [6.45, 7) is 1.83. The second-order valence-electron chi connectivity index (χ2n) is 2.33. The Hall–Kier alpha value is -0.315. The SMILES string of the molecule is Cc1c(Br)cccc1B(O)O. The van der Waals surface area contributed by atoms with Crippen molar-refractivity contribution in [3.05, 3.63) is 28.2 Å². The molecular weight excluding hydrogens is 207 g/mol. The maximum absolute atomic E-state index is 8.86. The van der Waals surface area contributed by atoms with Crippen LogP contribution in [0, 0.1) is 6.92 Å². The first-order chi connectivity index (χ1) is 5.13. The van der Waals surface area contributed by atoms with E-state index in [1.165, 1.54) is 0 Å². The lowest BCUT2D eigenvalue weighted by molar-refractivity contribution is 0.425. The van der Waals surface area contributed by atoms with E-state index in [0.717, 1.165) is 10.0 Å². The average Bonchev–Trinajstić information content (AvgIpc) is 1.94. The molecule has 0 saturated heterocycles. The highest BCUT2D eigenvalue weighted by atomic mass is 79.9. The van der Waals surface area contributed by atoms with Crippen molar-refractivity contribution in [3.8, 4) is 0 Å². The number of hydrogen-bond acceptors (Lipinski definition) is 2. The molecule has 2 nitrogen and oxygen atoms in total. The topological polar surface area (TPSA) is 40.5 Å². The molecular formula is C7H8BBrO2. The number of rotatable bonds is 1. The van der Waals surface area contributed by atoms with Crippen LogP contribution >= 0.6 is 15.9 Å². The van der Waals surface area contributed by atoms with Gasteiger partial charge in [-0.3, -0.25) is 0 Å². The molecule has 58 valence electrons. The summed E-state index contributed by atoms with van der Waals surface area (Å²) in [5.41, 5.74) is 1.40. The Kier molecular flexibility index (Phi) is 2.70. The van der Waals surface area contributed by atoms with Crippen molar-refractivity contribution in [2.75, 3.05) is 0 Å². The minimum atomic E-state index is -1.38. The summed E-state index contributed by atoms with van der Waals surface area (Å²) < 4.78 is 0.892. The Labute approximate surface area is 74.1 Å². The summed E-state index contributed by atoms with van der Waals surface area (Å²) in [4.78, 5) is 0. The molecule has 1 rings (SSSR count). The van der Waals surface area contributed by atoms with Gasteiger partial charge in [0.15, 0.2) is 0 Å². The Balaban J connectivity index is 3.17. The lowest BCUT2D eigenvalue weighted by atomic mass is 9.77. The fourth-order valence-corrected chi connectivity index (χ4v) is 1.29. The van der Waals surface area contributed by atoms with Crippen LogP contribution < -0.4 is 5.46 Å². The van der Waals surface area contributed by atoms with Crippen molar-refractivity contribution >= 4 is 28.5 Å². The third-order valence-electron chi connectivity index (χ3n) is 1.59. The number of halogens is 1. The van der Waals surface area contributed by atoms with Crippen molar-refractivity contribution in [2.45, 2.75) is 6.92 Å². The van der Waals surface area contributed by atoms with Crippen LogP contribution in [0.1, 0.15) is 5.56 Å². The highest BCUT2D eigenvalue weighted by molar-refractivity contribution is 9.10. The highest BCUT2D eigenvalue weighted by Crippen LogP contribution is 2.12. The Morgan fingerprint density at radius 1 is 1.36 bits per heavy atom. The molecule has 0 bridgehead atoms. The van der Waals surface area contributed by atoms with E-state index >= 15 is 0 Å². The summed E-state index contributed by atoms with van der Waals surface area (Å²) in [5.74, 6) is 0. The van der Waals surface area contributed by atoms with Crippen molar-refractivity contribution in [1.29, 1.82) is 0 Å². The molecule has 1 aromatic rings. The van der Waals surface area contributed by atoms with Crippen LogP contribution in [-0.2, 0) is 0 Å². The second kappa shape index (κ2) is 3.39. The maximum Gasteiger partial charge on any atom is 0.488 e. The predicted molar refractivity (Wildman–Crippen MR) is 48.7 cm³/mol. The smallest absolute Gasteiger partial charge is 0.423 e. The quantitative estimate of drug-likeness (QED) is 0.667. The van der Waals surface area contributed by atoms with Gasteiger partial charge in [0.05, 0.1) is 0 Å². The van der Waals surface area contributed by atoms with Gasteiger partial charge in [0.25, 0.3) is 0 Å². The van der Waals surface area contributed by atoms with E-state index in [1.54, 1.807) is 12.1 Å². The molecule has 0 fully saturated rings. The molecule has 4 heteroatoms. The monoisotopic (exact) mass is 214 g/mol. The Bertz CT molecular complexity index is 263. The van der Waals surface area contributed by atoms with Crippen molar-refractivity contribution in [1.82, 2.24) is 0 Å². The molecule has 0 atom stereocenters. The first-order valence-corrected chi connectivity index (χ1v) is 4.03. The molecule has 0 amide bonds. The molecule has 2 N–H and O–H groups in total. The van der Waals surface area contributed by atoms with Gasteiger partial charge in [-0.2, -0.15) is 0 Å². The van der Waals surface area contributed by atoms with Gasteiger partial charge >= 0.3 is 7.12 Å². The van der Waals surface area contributed by atoms with Crippen LogP contribution in [0.4, 0.5) is 0 Å². The number of benzene rings is 1. The first-order valence-electron chi connectivity index (χ1n) is 3.24. The fraction of sp³-hybridized carbons (Fsp3) is 0.143. The van der Waals surface area contributed by atoms with Gasteiger partial charge in [0.1, 0.15) is 0 Å². The van der Waals surface area contributed by atoms with E-state index in [0.29, 0.717) is 5.46 Å². The molecule has 0 heterocycles. The number of hydrogen-bond donors (Lipinski definition) is 2. The zero-order valence-corrected chi connectivity index (χ0v) is 7.67. The summed E-state index contributed by atoms with van der Waals surface area (Å²) in [7, 11) is -1.38. The van der Waals surface area contributed by atoms with Crippen LogP contribution in [0.3, 0.4) is 0 Å². The predicted octanol–water partition coefficient (Wildman–Crippen LogP) is 0.437. The van der Waals surface area contributed by atoms with Crippen LogP contribution in [0.5, 0.6) is 0 Å². The molecule has 0 aromatic heterocycles. The second-order valence-corrected chi connectivity index (χ2v) is 3.18. The van der Waals surface area contributed by atoms with Gasteiger partial charge in [-0.25, -0.2) is 0 Å². The van der Waals surface area contributed by atoms with E-state index in [2.05, 4.69) is 15.9 Å². The van der Waals surface area contributed by atoms with Crippen molar-refractivity contribution in [2.24, 2.45) is 0 Å². The van der Waals surface area contributed by atoms with E-state index < -0.39 is 7.12 Å². The van der Waals surface area contributed by atoms with E-state index in [4.69, 9.17) is 10.0 Å². The molecule has 11 heavy (non-hydrogen) atoms. The standard InChI is InChI=1S/C7H8BBrO2/c1-5-6(8(10)11)3-2-4-7(5)9/h2-4,10-11H,1H3. The molecule has 0 aliphatic carbocycles. The summed E-state index contributed by atoms with van der Waals surface area (Å²) in [5, 5.41) is 17.7. The lowest BCUT2D eigenvalue weighted by Crippen LogP contribution is -2.32. The van der Waals surface area contributed by atoms with Crippen molar-refractivity contribution < 1.29 is 10.0 Å². The van der Waals surface area contributed by atoms with Gasteiger partial charge in [0, 0.05) is 4.47 Å². The Morgan fingerprint density at radius 3 is 2.45 bits per heavy atom. The van der Waals surface area contributed by atoms with Gasteiger partial charge in [-0.15, -0.1) is 0 Å². The van der Waals surface area contributed by atoms with Crippen LogP contribution in [0.2, 0.25) is 0 Å². The maximum atomic E-state index is 8.86. The van der Waals surface area contributed by atoms with Gasteiger partial charge in [-0.05, 0) is 24.0 Å². The lowest BCUT2D eigenvalue weighted by Gasteiger charge is -2.04. The van der Waals surface area contributed by atoms with Gasteiger partial charge in [0.2, 0.25) is 0 Å². The van der Waals surface area contributed by atoms with E-state index in [1.807, 2.05) is 13.0 Å². The zero-order chi connectivity index (χ0) is 8.43. The molecule has 1 aromatic carbocycles. The molecule has 0 radical (unpaired) electrons. The largest absolute Gasteiger partial charge is 0.488 e. The highest BCUT2D eigenvalue weighted by Gasteiger charge is 2.14. The van der Waals surface area contributed by atoms with Crippen LogP contribution in [-0.4, -0.2) is 17.2 Å². The molecule has 0 spiro atoms. The van der Waals surface area contributed by atoms with E-state index in [9.17, 15) is 0 Å². The zero-order valence-electron chi connectivity index (χ0n) is 6.08. The summed E-state index contributed by atoms with van der Waals surface area (Å²) in [6.07, 6.45) is 0. The van der Waals surface area contributed by atoms with Crippen LogP contribution in [0.15, 0.2) is 22.7 Å². The third kappa shape index (κ3) is 1.83. The summed E-state index contributed by atoms with van der Waals surface area (Å²) in [6, 6.07) is 5.32. The fourth-order valence-electron chi connectivity index (χ4n) is 0.904. The Morgan fingerprint density at radius 2 is 2.00 bits per heavy atom. The molecule has 0 aliphatic heterocycles. The molecule has 0 saturated carbocycles. The van der Waals surface area contributed by atoms with Crippen LogP contribution in [0.25, 0.3) is 0 Å². The normalized spacial score (nSPS) is 9.82. The van der Waals surface area contributed by atoms with Gasteiger partial charge < -0.3 is 10.0 Å². The average molecular weight is 215 g/mol. The van der Waals surface area contributed by atoms with Gasteiger partial charge in [-0.1, -0.05) is 28.1 Å². The summed E-state index contributed by atoms with van der Waals surface area (Å²) >= 11 is 3.29. The minimum absolute atomic E-state index is 0.541. The van der Waals surface area contributed by atoms with Crippen molar-refractivity contribution in [3.63, 3.8) is 0 Å². The third-order valence-corrected chi connectivity index (χ3v) is 2.45. The first kappa shape index (κ1) is 8.78. The minimum Gasteiger partial charge on any atom is -0.423 e.